The number of carbonyl (C=O) groups is 1. The van der Waals surface area contributed by atoms with Crippen LogP contribution in [0, 0.1) is 12.3 Å². The molecule has 0 amide bonds. The third kappa shape index (κ3) is 3.84. The molecule has 1 aliphatic rings. The number of nitrogens with one attached hydrogen (secondary N) is 1. The van der Waals surface area contributed by atoms with E-state index in [1.807, 2.05) is 26.0 Å². The second-order valence-electron chi connectivity index (χ2n) is 6.77. The first-order valence-corrected chi connectivity index (χ1v) is 10.5. The number of ketones is 1. The minimum Gasteiger partial charge on any atom is -0.496 e. The summed E-state index contributed by atoms with van der Waals surface area (Å²) >= 11 is 2.64. The summed E-state index contributed by atoms with van der Waals surface area (Å²) in [6.45, 7) is 8.24. The van der Waals surface area contributed by atoms with Gasteiger partial charge in [-0.2, -0.15) is 0 Å². The summed E-state index contributed by atoms with van der Waals surface area (Å²) in [5, 5.41) is 18.3. The average Bonchev–Trinajstić information content (AvgIpc) is 3.20. The molecular weight excluding hydrogens is 378 g/mol. The van der Waals surface area contributed by atoms with Crippen LogP contribution < -0.4 is 4.74 Å². The van der Waals surface area contributed by atoms with Crippen LogP contribution in [0.5, 0.6) is 5.75 Å². The van der Waals surface area contributed by atoms with Crippen molar-refractivity contribution in [3.05, 3.63) is 43.7 Å². The highest BCUT2D eigenvalue weighted by Crippen LogP contribution is 2.42. The van der Waals surface area contributed by atoms with Crippen LogP contribution >= 0.6 is 23.1 Å². The third-order valence-electron chi connectivity index (χ3n) is 4.55. The lowest BCUT2D eigenvalue weighted by Gasteiger charge is -2.15. The van der Waals surface area contributed by atoms with E-state index in [0.29, 0.717) is 20.9 Å². The smallest absolute Gasteiger partial charge is 0.186 e. The van der Waals surface area contributed by atoms with E-state index < -0.39 is 5.92 Å². The van der Waals surface area contributed by atoms with Gasteiger partial charge >= 0.3 is 0 Å². The number of aromatic nitrogens is 2. The lowest BCUT2D eigenvalue weighted by Crippen LogP contribution is -2.11. The Morgan fingerprint density at radius 1 is 1.33 bits per heavy atom. The van der Waals surface area contributed by atoms with Gasteiger partial charge in [-0.05, 0) is 54.2 Å². The van der Waals surface area contributed by atoms with Crippen molar-refractivity contribution in [1.82, 2.24) is 10.2 Å². The second kappa shape index (κ2) is 7.94. The summed E-state index contributed by atoms with van der Waals surface area (Å²) in [4.78, 5) is 13.5. The van der Waals surface area contributed by atoms with Gasteiger partial charge in [0.15, 0.2) is 5.78 Å². The Morgan fingerprint density at radius 3 is 2.67 bits per heavy atom. The maximum atomic E-state index is 13.0. The number of hydrogen-bond acceptors (Lipinski definition) is 7. The molecular formula is C20H23N3O2S2. The van der Waals surface area contributed by atoms with E-state index >= 15 is 0 Å². The number of Topliss-reactive ketones (excluding diaryl/α,β-unsaturated/α-hetero) is 1. The zero-order valence-electron chi connectivity index (χ0n) is 16.1. The van der Waals surface area contributed by atoms with Gasteiger partial charge in [0.2, 0.25) is 0 Å². The Bertz CT molecular complexity index is 931. The first-order valence-electron chi connectivity index (χ1n) is 8.88. The molecule has 1 aromatic heterocycles. The van der Waals surface area contributed by atoms with Crippen molar-refractivity contribution in [3.63, 3.8) is 0 Å². The quantitative estimate of drug-likeness (QED) is 0.717. The van der Waals surface area contributed by atoms with Crippen LogP contribution in [0.1, 0.15) is 59.3 Å². The fourth-order valence-electron chi connectivity index (χ4n) is 2.98. The van der Waals surface area contributed by atoms with Gasteiger partial charge in [-0.15, -0.1) is 21.5 Å². The molecule has 0 unspecified atom stereocenters. The van der Waals surface area contributed by atoms with Crippen LogP contribution in [-0.4, -0.2) is 28.1 Å². The highest BCUT2D eigenvalue weighted by Gasteiger charge is 2.39. The average molecular weight is 402 g/mol. The second-order valence-corrected chi connectivity index (χ2v) is 8.94. The molecule has 5 nitrogen and oxygen atoms in total. The third-order valence-corrected chi connectivity index (χ3v) is 6.67. The minimum absolute atomic E-state index is 0.0647. The molecule has 1 atom stereocenters. The molecule has 1 aliphatic heterocycles. The van der Waals surface area contributed by atoms with Gasteiger partial charge in [-0.25, -0.2) is 0 Å². The summed E-state index contributed by atoms with van der Waals surface area (Å²) in [6.07, 6.45) is 2.68. The molecule has 7 heteroatoms. The molecule has 3 rings (SSSR count). The molecule has 2 aromatic rings. The fraction of sp³-hybridized carbons (Fsp3) is 0.400. The van der Waals surface area contributed by atoms with E-state index in [9.17, 15) is 4.79 Å². The van der Waals surface area contributed by atoms with E-state index in [0.717, 1.165) is 33.9 Å². The number of methoxy groups -OCH3 is 1. The van der Waals surface area contributed by atoms with Crippen LogP contribution in [0.3, 0.4) is 0 Å². The zero-order chi connectivity index (χ0) is 19.7. The maximum absolute atomic E-state index is 13.0. The number of hydrogen-bond donors (Lipinski definition) is 1. The standard InChI is InChI=1S/C20H23N3O2S2/c1-6-16-22-23-20(27-16)17-18(24)15(26-19(17)21)9-12-8-13(10(2)3)14(25-5)7-11(12)4/h7-10,17,21H,6H2,1-5H3/b15-9-,21-19?/t17-/m0/s1. The summed E-state index contributed by atoms with van der Waals surface area (Å²) in [5.74, 6) is 0.499. The Hall–Kier alpha value is -1.99. The SMILES string of the molecule is CCc1nnc([C@@H]2C(=N)S/C(=C\c3cc(C(C)C)c(OC)cc3C)C2=O)s1. The van der Waals surface area contributed by atoms with Gasteiger partial charge in [0.05, 0.1) is 17.1 Å². The summed E-state index contributed by atoms with van der Waals surface area (Å²) in [6, 6.07) is 4.09. The van der Waals surface area contributed by atoms with Crippen molar-refractivity contribution in [2.24, 2.45) is 0 Å². The number of allylic oxidation sites excluding steroid dienone is 1. The highest BCUT2D eigenvalue weighted by molar-refractivity contribution is 8.19. The number of ether oxygens (including phenoxy) is 1. The minimum atomic E-state index is -0.609. The summed E-state index contributed by atoms with van der Waals surface area (Å²) in [7, 11) is 1.67. The van der Waals surface area contributed by atoms with Crippen LogP contribution in [-0.2, 0) is 11.2 Å². The highest BCUT2D eigenvalue weighted by atomic mass is 32.2. The predicted molar refractivity (Wildman–Crippen MR) is 112 cm³/mol. The van der Waals surface area contributed by atoms with Crippen molar-refractivity contribution in [3.8, 4) is 5.75 Å². The maximum Gasteiger partial charge on any atom is 0.186 e. The van der Waals surface area contributed by atoms with Crippen LogP contribution in [0.4, 0.5) is 0 Å². The van der Waals surface area contributed by atoms with Crippen molar-refractivity contribution in [1.29, 1.82) is 5.41 Å². The fourth-order valence-corrected chi connectivity index (χ4v) is 4.92. The molecule has 1 saturated heterocycles. The van der Waals surface area contributed by atoms with E-state index in [-0.39, 0.29) is 5.78 Å². The molecule has 0 spiro atoms. The molecule has 0 saturated carbocycles. The molecule has 1 fully saturated rings. The predicted octanol–water partition coefficient (Wildman–Crippen LogP) is 4.96. The molecule has 0 aliphatic carbocycles. The lowest BCUT2D eigenvalue weighted by atomic mass is 9.95. The Balaban J connectivity index is 1.97. The number of aryl methyl sites for hydroxylation is 2. The van der Waals surface area contributed by atoms with Gasteiger partial charge in [0.25, 0.3) is 0 Å². The Kier molecular flexibility index (Phi) is 5.81. The molecule has 1 aromatic carbocycles. The van der Waals surface area contributed by atoms with Gasteiger partial charge in [-0.3, -0.25) is 10.2 Å². The van der Waals surface area contributed by atoms with Gasteiger partial charge < -0.3 is 4.74 Å². The van der Waals surface area contributed by atoms with Crippen LogP contribution in [0.15, 0.2) is 17.0 Å². The zero-order valence-corrected chi connectivity index (χ0v) is 17.8. The Morgan fingerprint density at radius 2 is 2.07 bits per heavy atom. The summed E-state index contributed by atoms with van der Waals surface area (Å²) < 4.78 is 5.50. The van der Waals surface area contributed by atoms with E-state index in [1.54, 1.807) is 7.11 Å². The molecule has 0 bridgehead atoms. The van der Waals surface area contributed by atoms with E-state index in [2.05, 4.69) is 30.1 Å². The monoisotopic (exact) mass is 401 g/mol. The first kappa shape index (κ1) is 19.8. The normalized spacial score (nSPS) is 18.7. The van der Waals surface area contributed by atoms with Gasteiger partial charge in [-0.1, -0.05) is 32.5 Å². The van der Waals surface area contributed by atoms with Gasteiger partial charge in [0, 0.05) is 0 Å². The number of thioether (sulfide) groups is 1. The Labute approximate surface area is 167 Å². The molecule has 1 N–H and O–H groups in total. The van der Waals surface area contributed by atoms with Crippen LogP contribution in [0.25, 0.3) is 6.08 Å². The van der Waals surface area contributed by atoms with Crippen LogP contribution in [0.2, 0.25) is 0 Å². The molecule has 0 radical (unpaired) electrons. The molecule has 27 heavy (non-hydrogen) atoms. The van der Waals surface area contributed by atoms with Crippen molar-refractivity contribution < 1.29 is 9.53 Å². The largest absolute Gasteiger partial charge is 0.496 e. The topological polar surface area (TPSA) is 75.9 Å². The number of benzene rings is 1. The number of nitrogens with zero attached hydrogens (tertiary/aromatic N) is 2. The number of rotatable bonds is 5. The van der Waals surface area contributed by atoms with Crippen molar-refractivity contribution >= 4 is 40.0 Å². The number of carbonyl (C=O) groups excluding carboxylic acids is 1. The lowest BCUT2D eigenvalue weighted by molar-refractivity contribution is -0.114. The van der Waals surface area contributed by atoms with Gasteiger partial charge in [0.1, 0.15) is 21.7 Å². The first-order chi connectivity index (χ1) is 12.8. The van der Waals surface area contributed by atoms with E-state index in [1.165, 1.54) is 23.1 Å². The summed E-state index contributed by atoms with van der Waals surface area (Å²) in [5.41, 5.74) is 3.13. The van der Waals surface area contributed by atoms with Crippen molar-refractivity contribution in [2.45, 2.75) is 46.0 Å². The van der Waals surface area contributed by atoms with Crippen molar-refractivity contribution in [2.75, 3.05) is 7.11 Å². The molecule has 2 heterocycles. The molecule has 142 valence electrons. The van der Waals surface area contributed by atoms with E-state index in [4.69, 9.17) is 10.1 Å².